The van der Waals surface area contributed by atoms with Gasteiger partial charge in [0.1, 0.15) is 9.84 Å². The van der Waals surface area contributed by atoms with Crippen molar-refractivity contribution in [1.82, 2.24) is 5.32 Å². The third-order valence-corrected chi connectivity index (χ3v) is 5.48. The van der Waals surface area contributed by atoms with Crippen molar-refractivity contribution in [2.45, 2.75) is 50.3 Å². The molecule has 1 N–H and O–H groups in total. The summed E-state index contributed by atoms with van der Waals surface area (Å²) in [6, 6.07) is 0.291. The highest BCUT2D eigenvalue weighted by Gasteiger charge is 2.32. The van der Waals surface area contributed by atoms with E-state index >= 15 is 0 Å². The Kier molecular flexibility index (Phi) is 6.60. The van der Waals surface area contributed by atoms with Crippen LogP contribution in [0.25, 0.3) is 0 Å². The maximum absolute atomic E-state index is 11.7. The molecule has 0 bridgehead atoms. The van der Waals surface area contributed by atoms with E-state index in [0.29, 0.717) is 18.6 Å². The van der Waals surface area contributed by atoms with E-state index in [9.17, 15) is 8.42 Å². The van der Waals surface area contributed by atoms with Gasteiger partial charge in [-0.25, -0.2) is 8.42 Å². The molecule has 108 valence electrons. The van der Waals surface area contributed by atoms with E-state index in [1.165, 1.54) is 6.26 Å². The Labute approximate surface area is 111 Å². The van der Waals surface area contributed by atoms with Crippen molar-refractivity contribution >= 4 is 9.84 Å². The Hall–Kier alpha value is -0.130. The van der Waals surface area contributed by atoms with Crippen LogP contribution in [0.5, 0.6) is 0 Å². The molecule has 18 heavy (non-hydrogen) atoms. The lowest BCUT2D eigenvalue weighted by molar-refractivity contribution is 0.126. The zero-order valence-corrected chi connectivity index (χ0v) is 12.6. The highest BCUT2D eigenvalue weighted by Crippen LogP contribution is 2.30. The van der Waals surface area contributed by atoms with Crippen molar-refractivity contribution < 1.29 is 13.2 Å². The minimum absolute atomic E-state index is 0.154. The molecule has 4 nitrogen and oxygen atoms in total. The van der Waals surface area contributed by atoms with Gasteiger partial charge in [-0.3, -0.25) is 0 Å². The zero-order valence-electron chi connectivity index (χ0n) is 11.8. The average Bonchev–Trinajstić information content (AvgIpc) is 2.33. The molecule has 1 aliphatic carbocycles. The van der Waals surface area contributed by atoms with E-state index in [-0.39, 0.29) is 5.25 Å². The van der Waals surface area contributed by atoms with Gasteiger partial charge in [-0.1, -0.05) is 13.3 Å². The van der Waals surface area contributed by atoms with Gasteiger partial charge in [0.15, 0.2) is 0 Å². The molecule has 0 heterocycles. The molecular formula is C13H27NO3S. The van der Waals surface area contributed by atoms with Crippen LogP contribution in [0.2, 0.25) is 0 Å². The van der Waals surface area contributed by atoms with Crippen LogP contribution >= 0.6 is 0 Å². The molecule has 1 fully saturated rings. The van der Waals surface area contributed by atoms with E-state index in [1.54, 1.807) is 7.11 Å². The van der Waals surface area contributed by atoms with Gasteiger partial charge < -0.3 is 10.1 Å². The maximum Gasteiger partial charge on any atom is 0.150 e. The normalized spacial score (nSPS) is 27.1. The monoisotopic (exact) mass is 277 g/mol. The number of sulfone groups is 1. The fourth-order valence-corrected chi connectivity index (χ4v) is 4.00. The Morgan fingerprint density at radius 1 is 1.39 bits per heavy atom. The second-order valence-electron chi connectivity index (χ2n) is 5.39. The number of hydrogen-bond donors (Lipinski definition) is 1. The second-order valence-corrected chi connectivity index (χ2v) is 7.72. The minimum atomic E-state index is -2.90. The first-order valence-electron chi connectivity index (χ1n) is 6.90. The summed E-state index contributed by atoms with van der Waals surface area (Å²) in [4.78, 5) is 0. The quantitative estimate of drug-likeness (QED) is 0.768. The van der Waals surface area contributed by atoms with Gasteiger partial charge in [-0.2, -0.15) is 0 Å². The molecule has 1 saturated carbocycles. The Morgan fingerprint density at radius 2 is 2.11 bits per heavy atom. The SMILES string of the molecule is CCCNC(COC)C1CCCC(S(C)(=O)=O)C1. The van der Waals surface area contributed by atoms with E-state index in [0.717, 1.165) is 38.6 Å². The lowest BCUT2D eigenvalue weighted by atomic mass is 9.83. The van der Waals surface area contributed by atoms with Crippen molar-refractivity contribution in [3.63, 3.8) is 0 Å². The molecule has 1 aliphatic rings. The lowest BCUT2D eigenvalue weighted by Gasteiger charge is -2.34. The van der Waals surface area contributed by atoms with Crippen molar-refractivity contribution in [2.24, 2.45) is 5.92 Å². The first kappa shape index (κ1) is 15.9. The van der Waals surface area contributed by atoms with E-state index in [1.807, 2.05) is 0 Å². The topological polar surface area (TPSA) is 55.4 Å². The fourth-order valence-electron chi connectivity index (χ4n) is 2.81. The predicted octanol–water partition coefficient (Wildman–Crippen LogP) is 1.60. The summed E-state index contributed by atoms with van der Waals surface area (Å²) < 4.78 is 28.6. The van der Waals surface area contributed by atoms with Gasteiger partial charge in [-0.05, 0) is 38.1 Å². The number of nitrogens with one attached hydrogen (secondary N) is 1. The van der Waals surface area contributed by atoms with Gasteiger partial charge in [0, 0.05) is 19.4 Å². The second kappa shape index (κ2) is 7.46. The summed E-state index contributed by atoms with van der Waals surface area (Å²) in [6.45, 7) is 3.77. The highest BCUT2D eigenvalue weighted by molar-refractivity contribution is 7.91. The van der Waals surface area contributed by atoms with Gasteiger partial charge in [0.05, 0.1) is 11.9 Å². The first-order valence-corrected chi connectivity index (χ1v) is 8.85. The molecule has 0 saturated heterocycles. The standard InChI is InChI=1S/C13H27NO3S/c1-4-8-14-13(10-17-2)11-6-5-7-12(9-11)18(3,15)16/h11-14H,4-10H2,1-3H3. The van der Waals surface area contributed by atoms with Crippen LogP contribution in [0.15, 0.2) is 0 Å². The third-order valence-electron chi connectivity index (χ3n) is 3.84. The molecule has 3 atom stereocenters. The van der Waals surface area contributed by atoms with E-state index in [2.05, 4.69) is 12.2 Å². The summed E-state index contributed by atoms with van der Waals surface area (Å²) in [5, 5.41) is 3.34. The molecule has 0 aromatic rings. The first-order chi connectivity index (χ1) is 8.49. The predicted molar refractivity (Wildman–Crippen MR) is 74.5 cm³/mol. The molecule has 0 aromatic carbocycles. The molecule has 0 aliphatic heterocycles. The summed E-state index contributed by atoms with van der Waals surface area (Å²) in [5.41, 5.74) is 0. The summed E-state index contributed by atoms with van der Waals surface area (Å²) in [5.74, 6) is 0.421. The van der Waals surface area contributed by atoms with Gasteiger partial charge in [-0.15, -0.1) is 0 Å². The van der Waals surface area contributed by atoms with Crippen LogP contribution < -0.4 is 5.32 Å². The maximum atomic E-state index is 11.7. The fraction of sp³-hybridized carbons (Fsp3) is 1.00. The summed E-state index contributed by atoms with van der Waals surface area (Å²) in [7, 11) is -1.19. The average molecular weight is 277 g/mol. The third kappa shape index (κ3) is 4.86. The van der Waals surface area contributed by atoms with Crippen molar-refractivity contribution in [3.8, 4) is 0 Å². The highest BCUT2D eigenvalue weighted by atomic mass is 32.2. The number of rotatable bonds is 7. The lowest BCUT2D eigenvalue weighted by Crippen LogP contribution is -2.44. The van der Waals surface area contributed by atoms with Crippen molar-refractivity contribution in [2.75, 3.05) is 26.5 Å². The Bertz CT molecular complexity index is 329. The summed E-state index contributed by atoms with van der Waals surface area (Å²) >= 11 is 0. The molecule has 3 unspecified atom stereocenters. The molecule has 0 radical (unpaired) electrons. The van der Waals surface area contributed by atoms with E-state index < -0.39 is 9.84 Å². The van der Waals surface area contributed by atoms with Gasteiger partial charge in [0.25, 0.3) is 0 Å². The number of hydrogen-bond acceptors (Lipinski definition) is 4. The number of ether oxygens (including phenoxy) is 1. The Balaban J connectivity index is 2.61. The summed E-state index contributed by atoms with van der Waals surface area (Å²) in [6.07, 6.45) is 6.17. The van der Waals surface area contributed by atoms with Crippen LogP contribution in [0.3, 0.4) is 0 Å². The van der Waals surface area contributed by atoms with Gasteiger partial charge >= 0.3 is 0 Å². The molecule has 5 heteroatoms. The van der Waals surface area contributed by atoms with E-state index in [4.69, 9.17) is 4.74 Å². The van der Waals surface area contributed by atoms with Gasteiger partial charge in [0.2, 0.25) is 0 Å². The van der Waals surface area contributed by atoms with Crippen LogP contribution in [-0.2, 0) is 14.6 Å². The molecular weight excluding hydrogens is 250 g/mol. The largest absolute Gasteiger partial charge is 0.383 e. The van der Waals surface area contributed by atoms with Crippen LogP contribution in [0, 0.1) is 5.92 Å². The number of methoxy groups -OCH3 is 1. The minimum Gasteiger partial charge on any atom is -0.383 e. The van der Waals surface area contributed by atoms with Crippen LogP contribution in [0.4, 0.5) is 0 Å². The van der Waals surface area contributed by atoms with Crippen LogP contribution in [0.1, 0.15) is 39.0 Å². The molecule has 0 aromatic heterocycles. The zero-order chi connectivity index (χ0) is 13.6. The van der Waals surface area contributed by atoms with Crippen molar-refractivity contribution in [1.29, 1.82) is 0 Å². The Morgan fingerprint density at radius 3 is 2.67 bits per heavy atom. The van der Waals surface area contributed by atoms with Crippen LogP contribution in [-0.4, -0.2) is 46.2 Å². The molecule has 0 amide bonds. The van der Waals surface area contributed by atoms with Crippen molar-refractivity contribution in [3.05, 3.63) is 0 Å². The smallest absolute Gasteiger partial charge is 0.150 e. The molecule has 0 spiro atoms. The molecule has 1 rings (SSSR count).